The zero-order chi connectivity index (χ0) is 12.1. The molecule has 16 heavy (non-hydrogen) atoms. The topological polar surface area (TPSA) is 129 Å². The minimum atomic E-state index is -4.64. The van der Waals surface area contributed by atoms with Gasteiger partial charge >= 0.3 is 0 Å². The smallest absolute Gasteiger partial charge is 0.218 e. The van der Waals surface area contributed by atoms with E-state index in [0.717, 1.165) is 19.3 Å². The van der Waals surface area contributed by atoms with Crippen molar-refractivity contribution in [3.8, 4) is 0 Å². The summed E-state index contributed by atoms with van der Waals surface area (Å²) in [7, 11) is -4.64. The predicted molar refractivity (Wildman–Crippen MR) is 62.9 cm³/mol. The van der Waals surface area contributed by atoms with E-state index in [1.165, 1.54) is 0 Å². The van der Waals surface area contributed by atoms with Gasteiger partial charge in [0.15, 0.2) is 0 Å². The highest BCUT2D eigenvalue weighted by molar-refractivity contribution is 7.80. The van der Waals surface area contributed by atoms with Gasteiger partial charge in [0, 0.05) is 0 Å². The fourth-order valence-electron chi connectivity index (χ4n) is 1.74. The minimum Gasteiger partial charge on any atom is -0.726 e. The Labute approximate surface area is 98.1 Å². The second-order valence-electron chi connectivity index (χ2n) is 4.13. The molecule has 0 aliphatic carbocycles. The Bertz CT molecular complexity index is 277. The minimum absolute atomic E-state index is 0. The van der Waals surface area contributed by atoms with Crippen molar-refractivity contribution < 1.29 is 17.2 Å². The molecule has 0 radical (unpaired) electrons. The van der Waals surface area contributed by atoms with E-state index in [1.807, 2.05) is 6.92 Å². The van der Waals surface area contributed by atoms with Crippen LogP contribution in [0.2, 0.25) is 0 Å². The zero-order valence-corrected chi connectivity index (χ0v) is 11.3. The van der Waals surface area contributed by atoms with Crippen LogP contribution in [0.25, 0.3) is 0 Å². The Morgan fingerprint density at radius 1 is 1.44 bits per heavy atom. The first-order valence-corrected chi connectivity index (χ1v) is 6.42. The Hall–Kier alpha value is -0.210. The van der Waals surface area contributed by atoms with Gasteiger partial charge in [0.1, 0.15) is 0 Å². The van der Waals surface area contributed by atoms with Gasteiger partial charge in [-0.15, -0.1) is 0 Å². The molecule has 0 heterocycles. The summed E-state index contributed by atoms with van der Waals surface area (Å²) < 4.78 is 36.2. The second kappa shape index (κ2) is 7.18. The first-order valence-electron chi connectivity index (χ1n) is 5.09. The van der Waals surface area contributed by atoms with Crippen LogP contribution in [0.5, 0.6) is 0 Å². The molecule has 0 fully saturated rings. The number of hydrogen-bond acceptors (Lipinski definition) is 5. The predicted octanol–water partition coefficient (Wildman–Crippen LogP) is 1.38. The van der Waals surface area contributed by atoms with Crippen LogP contribution in [0, 0.1) is 5.92 Å². The summed E-state index contributed by atoms with van der Waals surface area (Å²) in [5, 5.41) is 0. The van der Waals surface area contributed by atoms with Gasteiger partial charge in [-0.25, -0.2) is 8.42 Å². The number of quaternary nitrogens is 1. The molecule has 1 atom stereocenters. The van der Waals surface area contributed by atoms with E-state index in [4.69, 9.17) is 5.73 Å². The van der Waals surface area contributed by atoms with Gasteiger partial charge < -0.3 is 16.4 Å². The fourth-order valence-corrected chi connectivity index (χ4v) is 2.40. The van der Waals surface area contributed by atoms with Crippen LogP contribution in [0.4, 0.5) is 0 Å². The molecule has 0 bridgehead atoms. The van der Waals surface area contributed by atoms with Crippen LogP contribution < -0.4 is 11.9 Å². The lowest BCUT2D eigenvalue weighted by atomic mass is 9.85. The Kier molecular flexibility index (Phi) is 8.15. The molecule has 6 nitrogen and oxygen atoms in total. The van der Waals surface area contributed by atoms with E-state index in [0.29, 0.717) is 6.54 Å². The van der Waals surface area contributed by atoms with Crippen LogP contribution in [0.15, 0.2) is 0 Å². The highest BCUT2D eigenvalue weighted by Gasteiger charge is 2.30. The average Bonchev–Trinajstić information content (AvgIpc) is 2.00. The summed E-state index contributed by atoms with van der Waals surface area (Å²) >= 11 is 0. The molecule has 0 saturated carbocycles. The van der Waals surface area contributed by atoms with Gasteiger partial charge in [0.2, 0.25) is 10.4 Å². The van der Waals surface area contributed by atoms with E-state index in [9.17, 15) is 13.0 Å². The summed E-state index contributed by atoms with van der Waals surface area (Å²) in [5.41, 5.74) is 4.43. The molecule has 7 heteroatoms. The maximum absolute atomic E-state index is 10.5. The molecule has 6 N–H and O–H groups in total. The van der Waals surface area contributed by atoms with Crippen LogP contribution in [0.1, 0.15) is 40.0 Å². The lowest BCUT2D eigenvalue weighted by molar-refractivity contribution is 0.0307. The Morgan fingerprint density at radius 3 is 2.25 bits per heavy atom. The Morgan fingerprint density at radius 2 is 1.94 bits per heavy atom. The van der Waals surface area contributed by atoms with Crippen LogP contribution in [-0.4, -0.2) is 25.1 Å². The summed E-state index contributed by atoms with van der Waals surface area (Å²) in [6.45, 7) is 5.72. The summed E-state index contributed by atoms with van der Waals surface area (Å²) in [5.74, 6) is 0.0183. The van der Waals surface area contributed by atoms with Crippen molar-refractivity contribution in [3.05, 3.63) is 0 Å². The average molecular weight is 256 g/mol. The monoisotopic (exact) mass is 256 g/mol. The lowest BCUT2D eigenvalue weighted by Crippen LogP contribution is -2.36. The third-order valence-corrected chi connectivity index (χ3v) is 3.18. The zero-order valence-electron chi connectivity index (χ0n) is 10.5. The van der Waals surface area contributed by atoms with E-state index in [-0.39, 0.29) is 12.1 Å². The molecule has 0 aromatic heterocycles. The molecular formula is C9H24N2O4S. The van der Waals surface area contributed by atoms with Crippen molar-refractivity contribution in [1.82, 2.24) is 6.15 Å². The first kappa shape index (κ1) is 18.2. The van der Waals surface area contributed by atoms with Gasteiger partial charge in [-0.1, -0.05) is 13.3 Å². The second-order valence-corrected chi connectivity index (χ2v) is 5.11. The quantitative estimate of drug-likeness (QED) is 0.525. The molecule has 0 aromatic carbocycles. The molecule has 0 aliphatic heterocycles. The third-order valence-electron chi connectivity index (χ3n) is 2.55. The maximum Gasteiger partial charge on any atom is 0.218 e. The van der Waals surface area contributed by atoms with Crippen molar-refractivity contribution >= 4 is 10.4 Å². The molecule has 0 saturated heterocycles. The fraction of sp³-hybridized carbons (Fsp3) is 1.00. The molecular weight excluding hydrogens is 232 g/mol. The molecule has 0 aromatic rings. The molecule has 0 amide bonds. The van der Waals surface area contributed by atoms with E-state index in [2.05, 4.69) is 4.18 Å². The van der Waals surface area contributed by atoms with Gasteiger partial charge in [-0.2, -0.15) is 0 Å². The van der Waals surface area contributed by atoms with Crippen LogP contribution in [-0.2, 0) is 14.6 Å². The number of hydrogen-bond donors (Lipinski definition) is 2. The van der Waals surface area contributed by atoms with Gasteiger partial charge in [0.25, 0.3) is 0 Å². The normalized spacial score (nSPS) is 14.3. The maximum atomic E-state index is 10.5. The molecule has 0 rings (SSSR count). The molecule has 0 aliphatic rings. The number of nitrogens with two attached hydrogens (primary N) is 1. The SMILES string of the molecule is CCC(CCCN)C(C)(C)OS(=O)(=O)[O-].[NH4+]. The highest BCUT2D eigenvalue weighted by atomic mass is 32.3. The first-order chi connectivity index (χ1) is 6.73. The van der Waals surface area contributed by atoms with Gasteiger partial charge in [-0.3, -0.25) is 4.18 Å². The van der Waals surface area contributed by atoms with Crippen molar-refractivity contribution in [3.63, 3.8) is 0 Å². The highest BCUT2D eigenvalue weighted by Crippen LogP contribution is 2.29. The number of rotatable bonds is 7. The summed E-state index contributed by atoms with van der Waals surface area (Å²) in [6.07, 6.45) is 2.31. The van der Waals surface area contributed by atoms with Crippen molar-refractivity contribution in [2.75, 3.05) is 6.54 Å². The van der Waals surface area contributed by atoms with E-state index < -0.39 is 16.0 Å². The van der Waals surface area contributed by atoms with Crippen LogP contribution in [0.3, 0.4) is 0 Å². The summed E-state index contributed by atoms with van der Waals surface area (Å²) in [6, 6.07) is 0. The van der Waals surface area contributed by atoms with Crippen LogP contribution >= 0.6 is 0 Å². The van der Waals surface area contributed by atoms with Crippen molar-refractivity contribution in [2.24, 2.45) is 11.7 Å². The van der Waals surface area contributed by atoms with Gasteiger partial charge in [-0.05, 0) is 39.2 Å². The largest absolute Gasteiger partial charge is 0.726 e. The third kappa shape index (κ3) is 7.13. The molecule has 1 unspecified atom stereocenters. The summed E-state index contributed by atoms with van der Waals surface area (Å²) in [4.78, 5) is 0. The van der Waals surface area contributed by atoms with Crippen molar-refractivity contribution in [1.29, 1.82) is 0 Å². The lowest BCUT2D eigenvalue weighted by Gasteiger charge is -2.34. The van der Waals surface area contributed by atoms with Gasteiger partial charge in [0.05, 0.1) is 5.60 Å². The molecule has 0 spiro atoms. The molecule has 100 valence electrons. The van der Waals surface area contributed by atoms with Crippen molar-refractivity contribution in [2.45, 2.75) is 45.6 Å². The van der Waals surface area contributed by atoms with E-state index >= 15 is 0 Å². The van der Waals surface area contributed by atoms with E-state index in [1.54, 1.807) is 13.8 Å². The standard InChI is InChI=1S/C9H21NO4S.H3N/c1-4-8(6-5-7-10)9(2,3)14-15(11,12)13;/h8H,4-7,10H2,1-3H3,(H,11,12,13);1H3. The Balaban J connectivity index is 0.